The Kier molecular flexibility index (Phi) is 3.01. The van der Waals surface area contributed by atoms with Gasteiger partial charge in [0, 0.05) is 6.42 Å². The van der Waals surface area contributed by atoms with Gasteiger partial charge in [-0.05, 0) is 37.1 Å². The van der Waals surface area contributed by atoms with Crippen molar-refractivity contribution in [2.24, 2.45) is 0 Å². The highest BCUT2D eigenvalue weighted by atomic mass is 19.1. The Morgan fingerprint density at radius 2 is 2.14 bits per heavy atom. The summed E-state index contributed by atoms with van der Waals surface area (Å²) in [7, 11) is 0. The number of aliphatic hydroxyl groups is 1. The Hall–Kier alpha value is -1.22. The first-order valence-corrected chi connectivity index (χ1v) is 4.39. The third-order valence-electron chi connectivity index (χ3n) is 2.14. The third-order valence-corrected chi connectivity index (χ3v) is 2.14. The van der Waals surface area contributed by atoms with E-state index in [-0.39, 0.29) is 6.42 Å². The molecule has 76 valence electrons. The molecular formula is C11H13FO2. The topological polar surface area (TPSA) is 37.3 Å². The highest BCUT2D eigenvalue weighted by molar-refractivity contribution is 5.52. The molecular weight excluding hydrogens is 183 g/mol. The molecule has 0 saturated heterocycles. The first kappa shape index (κ1) is 10.9. The summed E-state index contributed by atoms with van der Waals surface area (Å²) in [6.45, 7) is 3.24. The zero-order chi connectivity index (χ0) is 10.8. The molecule has 1 aromatic rings. The van der Waals surface area contributed by atoms with E-state index in [1.54, 1.807) is 13.0 Å². The fraction of sp³-hybridized carbons (Fsp3) is 0.364. The maximum absolute atomic E-state index is 13.0. The predicted molar refractivity (Wildman–Crippen MR) is 51.4 cm³/mol. The van der Waals surface area contributed by atoms with Gasteiger partial charge in [-0.3, -0.25) is 0 Å². The number of hydrogen-bond donors (Lipinski definition) is 1. The highest BCUT2D eigenvalue weighted by Crippen LogP contribution is 2.24. The van der Waals surface area contributed by atoms with Crippen LogP contribution in [0.5, 0.6) is 0 Å². The molecule has 0 heterocycles. The molecule has 3 heteroatoms. The van der Waals surface area contributed by atoms with Crippen LogP contribution in [0.3, 0.4) is 0 Å². The maximum atomic E-state index is 13.0. The van der Waals surface area contributed by atoms with Gasteiger partial charge in [0.15, 0.2) is 0 Å². The van der Waals surface area contributed by atoms with Crippen LogP contribution in [0.15, 0.2) is 18.2 Å². The summed E-state index contributed by atoms with van der Waals surface area (Å²) in [5, 5.41) is 9.84. The number of aldehydes is 1. The fourth-order valence-corrected chi connectivity index (χ4v) is 1.33. The van der Waals surface area contributed by atoms with Gasteiger partial charge in [0.25, 0.3) is 0 Å². The molecule has 1 aromatic carbocycles. The summed E-state index contributed by atoms with van der Waals surface area (Å²) in [6.07, 6.45) is 0.593. The quantitative estimate of drug-likeness (QED) is 0.750. The Morgan fingerprint density at radius 3 is 2.64 bits per heavy atom. The molecule has 1 N–H and O–H groups in total. The van der Waals surface area contributed by atoms with Crippen LogP contribution in [0.1, 0.15) is 24.5 Å². The van der Waals surface area contributed by atoms with Crippen molar-refractivity contribution in [2.75, 3.05) is 0 Å². The molecule has 0 spiro atoms. The number of carbonyl (C=O) groups excluding carboxylic acids is 1. The molecule has 0 aliphatic rings. The summed E-state index contributed by atoms with van der Waals surface area (Å²) in [5.41, 5.74) is -0.123. The van der Waals surface area contributed by atoms with Gasteiger partial charge < -0.3 is 9.90 Å². The average molecular weight is 196 g/mol. The predicted octanol–water partition coefficient (Wildman–Crippen LogP) is 1.93. The first-order chi connectivity index (χ1) is 6.45. The Balaban J connectivity index is 3.11. The summed E-state index contributed by atoms with van der Waals surface area (Å²) in [4.78, 5) is 10.3. The van der Waals surface area contributed by atoms with Gasteiger partial charge in [-0.2, -0.15) is 0 Å². The zero-order valence-electron chi connectivity index (χ0n) is 8.25. The lowest BCUT2D eigenvalue weighted by atomic mass is 9.92. The average Bonchev–Trinajstić information content (AvgIpc) is 2.02. The summed E-state index contributed by atoms with van der Waals surface area (Å²) >= 11 is 0. The normalized spacial score (nSPS) is 14.9. The molecule has 0 radical (unpaired) electrons. The number of rotatable bonds is 3. The lowest BCUT2D eigenvalue weighted by Gasteiger charge is -2.21. The molecule has 0 aliphatic heterocycles. The van der Waals surface area contributed by atoms with E-state index < -0.39 is 11.4 Å². The molecule has 2 nitrogen and oxygen atoms in total. The van der Waals surface area contributed by atoms with Crippen molar-refractivity contribution in [3.05, 3.63) is 35.1 Å². The van der Waals surface area contributed by atoms with E-state index in [2.05, 4.69) is 0 Å². The molecule has 1 atom stereocenters. The Labute approximate surface area is 82.4 Å². The van der Waals surface area contributed by atoms with Gasteiger partial charge in [0.2, 0.25) is 0 Å². The van der Waals surface area contributed by atoms with Crippen LogP contribution in [-0.4, -0.2) is 11.4 Å². The highest BCUT2D eigenvalue weighted by Gasteiger charge is 2.23. The van der Waals surface area contributed by atoms with E-state index in [1.807, 2.05) is 0 Å². The van der Waals surface area contributed by atoms with Gasteiger partial charge in [0.05, 0.1) is 5.60 Å². The van der Waals surface area contributed by atoms with Gasteiger partial charge in [-0.15, -0.1) is 0 Å². The van der Waals surface area contributed by atoms with Crippen molar-refractivity contribution in [3.63, 3.8) is 0 Å². The van der Waals surface area contributed by atoms with Crippen molar-refractivity contribution in [1.29, 1.82) is 0 Å². The minimum atomic E-state index is -1.28. The lowest BCUT2D eigenvalue weighted by molar-refractivity contribution is -0.112. The largest absolute Gasteiger partial charge is 0.385 e. The summed E-state index contributed by atoms with van der Waals surface area (Å²) in [5.74, 6) is -0.397. The first-order valence-electron chi connectivity index (χ1n) is 4.39. The van der Waals surface area contributed by atoms with Gasteiger partial charge in [0.1, 0.15) is 12.1 Å². The number of carbonyl (C=O) groups is 1. The molecule has 0 aliphatic carbocycles. The minimum absolute atomic E-state index is 0.0319. The van der Waals surface area contributed by atoms with Crippen LogP contribution in [-0.2, 0) is 10.4 Å². The van der Waals surface area contributed by atoms with E-state index in [4.69, 9.17) is 0 Å². The zero-order valence-corrected chi connectivity index (χ0v) is 8.25. The van der Waals surface area contributed by atoms with Gasteiger partial charge >= 0.3 is 0 Å². The van der Waals surface area contributed by atoms with E-state index >= 15 is 0 Å². The smallest absolute Gasteiger partial charge is 0.123 e. The molecule has 0 amide bonds. The standard InChI is InChI=1S/C11H13FO2/c1-8-5-9(7-10(12)6-8)11(2,14)3-4-13/h4-7,14H,3H2,1-2H3. The van der Waals surface area contributed by atoms with Crippen LogP contribution in [0.2, 0.25) is 0 Å². The van der Waals surface area contributed by atoms with E-state index in [9.17, 15) is 14.3 Å². The van der Waals surface area contributed by atoms with Gasteiger partial charge in [-0.25, -0.2) is 4.39 Å². The molecule has 14 heavy (non-hydrogen) atoms. The van der Waals surface area contributed by atoms with Crippen molar-refractivity contribution in [3.8, 4) is 0 Å². The van der Waals surface area contributed by atoms with Crippen LogP contribution in [0, 0.1) is 12.7 Å². The van der Waals surface area contributed by atoms with Crippen molar-refractivity contribution >= 4 is 6.29 Å². The summed E-state index contributed by atoms with van der Waals surface area (Å²) < 4.78 is 13.0. The second kappa shape index (κ2) is 3.88. The number of hydrogen-bond acceptors (Lipinski definition) is 2. The number of aryl methyl sites for hydroxylation is 1. The second-order valence-corrected chi connectivity index (χ2v) is 3.66. The number of benzene rings is 1. The molecule has 0 fully saturated rings. The minimum Gasteiger partial charge on any atom is -0.385 e. The van der Waals surface area contributed by atoms with Crippen LogP contribution in [0.25, 0.3) is 0 Å². The molecule has 0 saturated carbocycles. The summed E-state index contributed by atoms with van der Waals surface area (Å²) in [6, 6.07) is 4.30. The van der Waals surface area contributed by atoms with Crippen LogP contribution in [0.4, 0.5) is 4.39 Å². The van der Waals surface area contributed by atoms with E-state index in [1.165, 1.54) is 19.1 Å². The fourth-order valence-electron chi connectivity index (χ4n) is 1.33. The maximum Gasteiger partial charge on any atom is 0.123 e. The molecule has 0 bridgehead atoms. The number of halogens is 1. The van der Waals surface area contributed by atoms with Crippen molar-refractivity contribution in [1.82, 2.24) is 0 Å². The van der Waals surface area contributed by atoms with Crippen molar-refractivity contribution in [2.45, 2.75) is 25.9 Å². The van der Waals surface area contributed by atoms with Crippen LogP contribution >= 0.6 is 0 Å². The Bertz CT molecular complexity index is 325. The van der Waals surface area contributed by atoms with Gasteiger partial charge in [-0.1, -0.05) is 6.07 Å². The van der Waals surface area contributed by atoms with Crippen LogP contribution < -0.4 is 0 Å². The van der Waals surface area contributed by atoms with E-state index in [0.29, 0.717) is 11.8 Å². The third kappa shape index (κ3) is 2.39. The molecule has 1 unspecified atom stereocenters. The lowest BCUT2D eigenvalue weighted by Crippen LogP contribution is -2.21. The second-order valence-electron chi connectivity index (χ2n) is 3.66. The monoisotopic (exact) mass is 196 g/mol. The molecule has 0 aromatic heterocycles. The van der Waals surface area contributed by atoms with Crippen molar-refractivity contribution < 1.29 is 14.3 Å². The SMILES string of the molecule is Cc1cc(F)cc(C(C)(O)CC=O)c1. The van der Waals surface area contributed by atoms with E-state index in [0.717, 1.165) is 5.56 Å². The molecule has 1 rings (SSSR count). The Morgan fingerprint density at radius 1 is 1.50 bits per heavy atom.